The van der Waals surface area contributed by atoms with Gasteiger partial charge in [0.25, 0.3) is 5.91 Å². The van der Waals surface area contributed by atoms with Crippen molar-refractivity contribution >= 4 is 57.5 Å². The Kier molecular flexibility index (Phi) is 11.4. The molecule has 0 aliphatic carbocycles. The number of carbonyl (C=O) groups excluding carboxylic acids is 1. The van der Waals surface area contributed by atoms with Crippen LogP contribution < -0.4 is 25.8 Å². The van der Waals surface area contributed by atoms with E-state index in [4.69, 9.17) is 15.2 Å². The second kappa shape index (κ2) is 13.3. The molecule has 0 spiro atoms. The highest BCUT2D eigenvalue weighted by atomic mass is 127. The first-order valence-electron chi connectivity index (χ1n) is 9.03. The van der Waals surface area contributed by atoms with Crippen molar-refractivity contribution in [1.82, 2.24) is 5.32 Å². The maximum atomic E-state index is 12.1. The molecule has 0 bridgehead atoms. The van der Waals surface area contributed by atoms with Crippen LogP contribution in [-0.4, -0.2) is 38.2 Å². The van der Waals surface area contributed by atoms with Gasteiger partial charge in [-0.3, -0.25) is 9.79 Å². The molecule has 2 aromatic carbocycles. The summed E-state index contributed by atoms with van der Waals surface area (Å²) in [5, 5.41) is 5.83. The molecule has 2 rings (SSSR count). The molecule has 0 unspecified atom stereocenters. The minimum Gasteiger partial charge on any atom is -0.494 e. The van der Waals surface area contributed by atoms with E-state index in [1.807, 2.05) is 44.2 Å². The molecule has 158 valence electrons. The number of aliphatic imine (C=N–C) groups is 1. The molecule has 2 aromatic rings. The SMILES string of the molecule is CCOc1ccc(OCC)c(NC(N)=NCCNC(=O)c2cccc(Br)c2)c1.I. The summed E-state index contributed by atoms with van der Waals surface area (Å²) in [6.45, 7) is 5.63. The number of hydrogen-bond acceptors (Lipinski definition) is 4. The van der Waals surface area contributed by atoms with E-state index in [9.17, 15) is 4.79 Å². The molecule has 29 heavy (non-hydrogen) atoms. The van der Waals surface area contributed by atoms with Crippen LogP contribution in [0.3, 0.4) is 0 Å². The van der Waals surface area contributed by atoms with Gasteiger partial charge in [0, 0.05) is 22.6 Å². The van der Waals surface area contributed by atoms with Crippen molar-refractivity contribution in [2.75, 3.05) is 31.6 Å². The van der Waals surface area contributed by atoms with Crippen LogP contribution >= 0.6 is 39.9 Å². The Morgan fingerprint density at radius 2 is 1.90 bits per heavy atom. The maximum Gasteiger partial charge on any atom is 0.251 e. The number of nitrogens with zero attached hydrogens (tertiary/aromatic N) is 1. The van der Waals surface area contributed by atoms with Gasteiger partial charge in [0.1, 0.15) is 11.5 Å². The smallest absolute Gasteiger partial charge is 0.251 e. The summed E-state index contributed by atoms with van der Waals surface area (Å²) in [5.41, 5.74) is 7.22. The third-order valence-electron chi connectivity index (χ3n) is 3.59. The van der Waals surface area contributed by atoms with Gasteiger partial charge in [-0.05, 0) is 44.2 Å². The molecular formula is C20H26BrIN4O3. The van der Waals surface area contributed by atoms with Gasteiger partial charge in [0.15, 0.2) is 5.96 Å². The third-order valence-corrected chi connectivity index (χ3v) is 4.08. The number of halogens is 2. The predicted octanol–water partition coefficient (Wildman–Crippen LogP) is 4.02. The summed E-state index contributed by atoms with van der Waals surface area (Å²) in [5.74, 6) is 1.44. The van der Waals surface area contributed by atoms with E-state index in [1.165, 1.54) is 0 Å². The molecule has 0 aliphatic heterocycles. The fourth-order valence-electron chi connectivity index (χ4n) is 2.40. The van der Waals surface area contributed by atoms with Crippen molar-refractivity contribution in [3.8, 4) is 11.5 Å². The van der Waals surface area contributed by atoms with Gasteiger partial charge in [-0.2, -0.15) is 0 Å². The van der Waals surface area contributed by atoms with Gasteiger partial charge in [-0.15, -0.1) is 24.0 Å². The standard InChI is InChI=1S/C20H25BrN4O3.HI/c1-3-27-16-8-9-18(28-4-2)17(13-16)25-20(22)24-11-10-23-19(26)14-6-5-7-15(21)12-14;/h5-9,12-13H,3-4,10-11H2,1-2H3,(H,23,26)(H3,22,24,25);1H. The lowest BCUT2D eigenvalue weighted by Gasteiger charge is -2.14. The average Bonchev–Trinajstić information content (AvgIpc) is 2.67. The lowest BCUT2D eigenvalue weighted by molar-refractivity contribution is 0.0954. The number of nitrogens with two attached hydrogens (primary N) is 1. The topological polar surface area (TPSA) is 98.0 Å². The second-order valence-electron chi connectivity index (χ2n) is 5.68. The van der Waals surface area contributed by atoms with E-state index in [2.05, 4.69) is 31.6 Å². The predicted molar refractivity (Wildman–Crippen MR) is 131 cm³/mol. The first-order chi connectivity index (χ1) is 13.5. The van der Waals surface area contributed by atoms with Crippen molar-refractivity contribution in [3.63, 3.8) is 0 Å². The van der Waals surface area contributed by atoms with Crippen LogP contribution in [0.2, 0.25) is 0 Å². The van der Waals surface area contributed by atoms with Crippen LogP contribution in [0.5, 0.6) is 11.5 Å². The maximum absolute atomic E-state index is 12.1. The number of nitrogens with one attached hydrogen (secondary N) is 2. The highest BCUT2D eigenvalue weighted by molar-refractivity contribution is 14.0. The van der Waals surface area contributed by atoms with Crippen molar-refractivity contribution < 1.29 is 14.3 Å². The average molecular weight is 577 g/mol. The lowest BCUT2D eigenvalue weighted by atomic mass is 10.2. The fraction of sp³-hybridized carbons (Fsp3) is 0.300. The van der Waals surface area contributed by atoms with Crippen LogP contribution in [-0.2, 0) is 0 Å². The Morgan fingerprint density at radius 1 is 1.14 bits per heavy atom. The number of rotatable bonds is 9. The van der Waals surface area contributed by atoms with E-state index in [-0.39, 0.29) is 35.8 Å². The van der Waals surface area contributed by atoms with E-state index < -0.39 is 0 Å². The van der Waals surface area contributed by atoms with Crippen LogP contribution in [0, 0.1) is 0 Å². The summed E-state index contributed by atoms with van der Waals surface area (Å²) < 4.78 is 12.0. The highest BCUT2D eigenvalue weighted by Gasteiger charge is 2.08. The first kappa shape index (κ1) is 25.0. The molecule has 0 heterocycles. The third kappa shape index (κ3) is 8.48. The minimum absolute atomic E-state index is 0. The quantitative estimate of drug-likeness (QED) is 0.181. The summed E-state index contributed by atoms with van der Waals surface area (Å²) in [6.07, 6.45) is 0. The van der Waals surface area contributed by atoms with Gasteiger partial charge >= 0.3 is 0 Å². The molecule has 0 saturated carbocycles. The van der Waals surface area contributed by atoms with E-state index in [0.717, 1.165) is 4.47 Å². The number of benzene rings is 2. The Bertz CT molecular complexity index is 833. The Hall–Kier alpha value is -2.01. The van der Waals surface area contributed by atoms with E-state index >= 15 is 0 Å². The summed E-state index contributed by atoms with van der Waals surface area (Å²) in [7, 11) is 0. The zero-order valence-electron chi connectivity index (χ0n) is 16.4. The van der Waals surface area contributed by atoms with Gasteiger partial charge in [-0.1, -0.05) is 22.0 Å². The summed E-state index contributed by atoms with van der Waals surface area (Å²) in [4.78, 5) is 16.3. The molecule has 0 radical (unpaired) electrons. The Balaban J connectivity index is 0.00000420. The number of ether oxygens (including phenoxy) is 2. The molecule has 7 nitrogen and oxygen atoms in total. The van der Waals surface area contributed by atoms with Crippen molar-refractivity contribution in [2.45, 2.75) is 13.8 Å². The molecule has 0 aromatic heterocycles. The van der Waals surface area contributed by atoms with Gasteiger partial charge < -0.3 is 25.8 Å². The molecule has 0 atom stereocenters. The first-order valence-corrected chi connectivity index (χ1v) is 9.83. The summed E-state index contributed by atoms with van der Waals surface area (Å²) >= 11 is 3.35. The molecule has 1 amide bonds. The fourth-order valence-corrected chi connectivity index (χ4v) is 2.80. The van der Waals surface area contributed by atoms with Crippen LogP contribution in [0.25, 0.3) is 0 Å². The zero-order valence-corrected chi connectivity index (χ0v) is 20.3. The highest BCUT2D eigenvalue weighted by Crippen LogP contribution is 2.29. The van der Waals surface area contributed by atoms with Crippen LogP contribution in [0.1, 0.15) is 24.2 Å². The summed E-state index contributed by atoms with van der Waals surface area (Å²) in [6, 6.07) is 12.7. The Labute approximate surface area is 196 Å². The molecule has 0 fully saturated rings. The van der Waals surface area contributed by atoms with Gasteiger partial charge in [0.2, 0.25) is 0 Å². The number of anilines is 1. The molecule has 0 aliphatic rings. The number of guanidine groups is 1. The van der Waals surface area contributed by atoms with Crippen molar-refractivity contribution in [1.29, 1.82) is 0 Å². The molecule has 4 N–H and O–H groups in total. The van der Waals surface area contributed by atoms with Gasteiger partial charge in [-0.25, -0.2) is 0 Å². The number of hydrogen-bond donors (Lipinski definition) is 3. The minimum atomic E-state index is -0.161. The normalized spacial score (nSPS) is 10.7. The number of carbonyl (C=O) groups is 1. The lowest BCUT2D eigenvalue weighted by Crippen LogP contribution is -2.28. The zero-order chi connectivity index (χ0) is 20.4. The Morgan fingerprint density at radius 3 is 2.59 bits per heavy atom. The largest absolute Gasteiger partial charge is 0.494 e. The second-order valence-corrected chi connectivity index (χ2v) is 6.60. The molecular weight excluding hydrogens is 551 g/mol. The number of amides is 1. The molecule has 0 saturated heterocycles. The van der Waals surface area contributed by atoms with Crippen molar-refractivity contribution in [2.24, 2.45) is 10.7 Å². The van der Waals surface area contributed by atoms with Crippen LogP contribution in [0.4, 0.5) is 5.69 Å². The van der Waals surface area contributed by atoms with E-state index in [0.29, 0.717) is 49.1 Å². The molecule has 9 heteroatoms. The van der Waals surface area contributed by atoms with E-state index in [1.54, 1.807) is 12.1 Å². The van der Waals surface area contributed by atoms with Crippen molar-refractivity contribution in [3.05, 3.63) is 52.5 Å². The van der Waals surface area contributed by atoms with Gasteiger partial charge in [0.05, 0.1) is 25.4 Å². The monoisotopic (exact) mass is 576 g/mol. The van der Waals surface area contributed by atoms with Crippen LogP contribution in [0.15, 0.2) is 51.9 Å².